The Labute approximate surface area is 111 Å². The first-order valence-corrected chi connectivity index (χ1v) is 5.43. The van der Waals surface area contributed by atoms with E-state index >= 15 is 0 Å². The van der Waals surface area contributed by atoms with Gasteiger partial charge in [0.15, 0.2) is 0 Å². The second-order valence-electron chi connectivity index (χ2n) is 3.89. The highest BCUT2D eigenvalue weighted by molar-refractivity contribution is 5.86. The molecule has 0 aliphatic carbocycles. The van der Waals surface area contributed by atoms with Crippen LogP contribution in [0.3, 0.4) is 0 Å². The van der Waals surface area contributed by atoms with Crippen LogP contribution in [0.2, 0.25) is 0 Å². The van der Waals surface area contributed by atoms with Gasteiger partial charge in [0.05, 0.1) is 11.8 Å². The van der Waals surface area contributed by atoms with Gasteiger partial charge in [-0.3, -0.25) is 5.10 Å². The van der Waals surface area contributed by atoms with E-state index in [9.17, 15) is 18.0 Å². The Bertz CT molecular complexity index is 622. The summed E-state index contributed by atoms with van der Waals surface area (Å²) < 4.78 is 42.7. The highest BCUT2D eigenvalue weighted by atomic mass is 19.4. The molecule has 5 nitrogen and oxygen atoms in total. The molecule has 0 fully saturated rings. The molecule has 2 rings (SSSR count). The van der Waals surface area contributed by atoms with Gasteiger partial charge < -0.3 is 9.84 Å². The fraction of sp³-hybridized carbons (Fsp3) is 0.167. The van der Waals surface area contributed by atoms with Crippen molar-refractivity contribution < 1.29 is 27.8 Å². The number of carboxylic acids is 1. The van der Waals surface area contributed by atoms with Crippen molar-refractivity contribution in [1.82, 2.24) is 10.2 Å². The van der Waals surface area contributed by atoms with Crippen molar-refractivity contribution >= 4 is 5.97 Å². The SMILES string of the molecule is O=C(O)c1[nH]ncc1COc1cccc(C(F)(F)F)c1. The van der Waals surface area contributed by atoms with Crippen molar-refractivity contribution in [2.75, 3.05) is 0 Å². The summed E-state index contributed by atoms with van der Waals surface area (Å²) in [4.78, 5) is 10.8. The second kappa shape index (κ2) is 5.24. The monoisotopic (exact) mass is 286 g/mol. The Balaban J connectivity index is 2.11. The topological polar surface area (TPSA) is 75.2 Å². The van der Waals surface area contributed by atoms with Gasteiger partial charge in [-0.05, 0) is 18.2 Å². The van der Waals surface area contributed by atoms with E-state index in [1.165, 1.54) is 18.3 Å². The fourth-order valence-electron chi connectivity index (χ4n) is 1.53. The molecular formula is C12H9F3N2O3. The molecule has 0 radical (unpaired) electrons. The predicted octanol–water partition coefficient (Wildman–Crippen LogP) is 2.71. The number of aromatic carboxylic acids is 1. The highest BCUT2D eigenvalue weighted by Crippen LogP contribution is 2.31. The Morgan fingerprint density at radius 3 is 2.80 bits per heavy atom. The van der Waals surface area contributed by atoms with Gasteiger partial charge in [0.2, 0.25) is 0 Å². The molecule has 0 spiro atoms. The number of H-pyrrole nitrogens is 1. The molecule has 2 aromatic rings. The molecule has 0 bridgehead atoms. The van der Waals surface area contributed by atoms with Crippen LogP contribution in [-0.2, 0) is 12.8 Å². The van der Waals surface area contributed by atoms with E-state index in [-0.39, 0.29) is 23.6 Å². The van der Waals surface area contributed by atoms with Gasteiger partial charge >= 0.3 is 12.1 Å². The maximum Gasteiger partial charge on any atom is 0.416 e. The molecule has 1 aromatic carbocycles. The number of rotatable bonds is 4. The first kappa shape index (κ1) is 13.9. The lowest BCUT2D eigenvalue weighted by Gasteiger charge is -2.09. The van der Waals surface area contributed by atoms with E-state index in [0.717, 1.165) is 12.1 Å². The standard InChI is InChI=1S/C12H9F3N2O3/c13-12(14,15)8-2-1-3-9(4-8)20-6-7-5-16-17-10(7)11(18)19/h1-5H,6H2,(H,16,17)(H,18,19). The summed E-state index contributed by atoms with van der Waals surface area (Å²) >= 11 is 0. The van der Waals surface area contributed by atoms with Crippen LogP contribution in [0.1, 0.15) is 21.6 Å². The first-order chi connectivity index (χ1) is 9.38. The first-order valence-electron chi connectivity index (χ1n) is 5.43. The number of nitrogens with zero attached hydrogens (tertiary/aromatic N) is 1. The number of halogens is 3. The van der Waals surface area contributed by atoms with Crippen LogP contribution < -0.4 is 4.74 Å². The molecular weight excluding hydrogens is 277 g/mol. The molecule has 0 unspecified atom stereocenters. The Hall–Kier alpha value is -2.51. The number of nitrogens with one attached hydrogen (secondary N) is 1. The number of aromatic amines is 1. The highest BCUT2D eigenvalue weighted by Gasteiger charge is 2.30. The summed E-state index contributed by atoms with van der Waals surface area (Å²) in [5, 5.41) is 14.6. The van der Waals surface area contributed by atoms with E-state index in [1.54, 1.807) is 0 Å². The summed E-state index contributed by atoms with van der Waals surface area (Å²) in [5.74, 6) is -1.22. The third-order valence-electron chi connectivity index (χ3n) is 2.49. The van der Waals surface area contributed by atoms with Gasteiger partial charge in [0.25, 0.3) is 0 Å². The van der Waals surface area contributed by atoms with Crippen molar-refractivity contribution in [3.8, 4) is 5.75 Å². The zero-order valence-corrected chi connectivity index (χ0v) is 9.94. The van der Waals surface area contributed by atoms with Crippen LogP contribution in [0.25, 0.3) is 0 Å². The lowest BCUT2D eigenvalue weighted by atomic mass is 10.2. The average Bonchev–Trinajstić information content (AvgIpc) is 2.84. The van der Waals surface area contributed by atoms with Crippen molar-refractivity contribution in [3.63, 3.8) is 0 Å². The number of hydrogen-bond donors (Lipinski definition) is 2. The van der Waals surface area contributed by atoms with Crippen LogP contribution >= 0.6 is 0 Å². The van der Waals surface area contributed by atoms with Gasteiger partial charge in [-0.2, -0.15) is 18.3 Å². The van der Waals surface area contributed by atoms with Gasteiger partial charge in [-0.25, -0.2) is 4.79 Å². The third kappa shape index (κ3) is 3.08. The minimum atomic E-state index is -4.46. The summed E-state index contributed by atoms with van der Waals surface area (Å²) in [6.45, 7) is -0.195. The van der Waals surface area contributed by atoms with Gasteiger partial charge in [0, 0.05) is 5.56 Å². The molecule has 1 heterocycles. The average molecular weight is 286 g/mol. The van der Waals surface area contributed by atoms with Crippen LogP contribution in [0, 0.1) is 0 Å². The molecule has 0 aliphatic heterocycles. The molecule has 0 saturated heterocycles. The Kier molecular flexibility index (Phi) is 3.64. The van der Waals surface area contributed by atoms with E-state index < -0.39 is 17.7 Å². The van der Waals surface area contributed by atoms with Gasteiger partial charge in [0.1, 0.15) is 18.1 Å². The van der Waals surface area contributed by atoms with Crippen LogP contribution in [0.15, 0.2) is 30.5 Å². The number of hydrogen-bond acceptors (Lipinski definition) is 3. The summed E-state index contributed by atoms with van der Waals surface area (Å²) in [6, 6.07) is 4.34. The largest absolute Gasteiger partial charge is 0.489 e. The molecule has 20 heavy (non-hydrogen) atoms. The molecule has 1 aromatic heterocycles. The minimum absolute atomic E-state index is 0.00244. The minimum Gasteiger partial charge on any atom is -0.489 e. The van der Waals surface area contributed by atoms with Crippen molar-refractivity contribution in [3.05, 3.63) is 47.3 Å². The normalized spacial score (nSPS) is 11.3. The molecule has 0 atom stereocenters. The van der Waals surface area contributed by atoms with Crippen molar-refractivity contribution in [2.24, 2.45) is 0 Å². The fourth-order valence-corrected chi connectivity index (χ4v) is 1.53. The Morgan fingerprint density at radius 1 is 1.40 bits per heavy atom. The smallest absolute Gasteiger partial charge is 0.416 e. The Morgan fingerprint density at radius 2 is 2.15 bits per heavy atom. The zero-order chi connectivity index (χ0) is 14.8. The van der Waals surface area contributed by atoms with E-state index in [4.69, 9.17) is 9.84 Å². The molecule has 0 saturated carbocycles. The van der Waals surface area contributed by atoms with E-state index in [1.807, 2.05) is 0 Å². The third-order valence-corrected chi connectivity index (χ3v) is 2.49. The van der Waals surface area contributed by atoms with E-state index in [2.05, 4.69) is 10.2 Å². The summed E-state index contributed by atoms with van der Waals surface area (Å²) in [5.41, 5.74) is -0.743. The molecule has 2 N–H and O–H groups in total. The lowest BCUT2D eigenvalue weighted by molar-refractivity contribution is -0.137. The predicted molar refractivity (Wildman–Crippen MR) is 61.3 cm³/mol. The van der Waals surface area contributed by atoms with Crippen molar-refractivity contribution in [1.29, 1.82) is 0 Å². The zero-order valence-electron chi connectivity index (χ0n) is 9.94. The molecule has 106 valence electrons. The number of carboxylic acid groups (broad SMARTS) is 1. The molecule has 0 amide bonds. The van der Waals surface area contributed by atoms with Gasteiger partial charge in [-0.1, -0.05) is 6.07 Å². The lowest BCUT2D eigenvalue weighted by Crippen LogP contribution is -2.06. The summed E-state index contributed by atoms with van der Waals surface area (Å²) in [6.07, 6.45) is -3.21. The molecule has 0 aliphatic rings. The van der Waals surface area contributed by atoms with Crippen molar-refractivity contribution in [2.45, 2.75) is 12.8 Å². The van der Waals surface area contributed by atoms with Gasteiger partial charge in [-0.15, -0.1) is 0 Å². The maximum absolute atomic E-state index is 12.5. The number of alkyl halides is 3. The second-order valence-corrected chi connectivity index (χ2v) is 3.89. The quantitative estimate of drug-likeness (QED) is 0.906. The molecule has 8 heteroatoms. The maximum atomic E-state index is 12.5. The number of benzene rings is 1. The number of ether oxygens (including phenoxy) is 1. The summed E-state index contributed by atoms with van der Waals surface area (Å²) in [7, 11) is 0. The number of carbonyl (C=O) groups is 1. The number of aromatic nitrogens is 2. The van der Waals surface area contributed by atoms with Crippen LogP contribution in [0.5, 0.6) is 5.75 Å². The van der Waals surface area contributed by atoms with Crippen LogP contribution in [0.4, 0.5) is 13.2 Å². The van der Waals surface area contributed by atoms with Crippen LogP contribution in [-0.4, -0.2) is 21.3 Å². The van der Waals surface area contributed by atoms with E-state index in [0.29, 0.717) is 0 Å².